The van der Waals surface area contributed by atoms with Crippen molar-refractivity contribution in [3.05, 3.63) is 57.6 Å². The number of esters is 1. The van der Waals surface area contributed by atoms with E-state index in [4.69, 9.17) is 19.9 Å². The minimum absolute atomic E-state index is 0.00345. The number of carbonyl (C=O) groups is 2. The molecule has 1 aliphatic carbocycles. The molecule has 3 aromatic rings. The molecule has 1 aromatic heterocycles. The number of anilines is 1. The normalized spacial score (nSPS) is 13.2. The quantitative estimate of drug-likeness (QED) is 0.451. The summed E-state index contributed by atoms with van der Waals surface area (Å²) in [5.41, 5.74) is 9.16. The maximum Gasteiger partial charge on any atom is 0.342 e. The fourth-order valence-corrected chi connectivity index (χ4v) is 4.35. The molecular weight excluding hydrogens is 452 g/mol. The number of ketones is 1. The molecule has 0 atom stereocenters. The predicted molar refractivity (Wildman–Crippen MR) is 113 cm³/mol. The first-order valence-electron chi connectivity index (χ1n) is 9.25. The SMILES string of the molecule is CCOC(=O)c1c(N)nc2c(c1-c1cc3c(cc1Br)OCO3)C(=O)c1ccccc1-2. The molecule has 2 heterocycles. The van der Waals surface area contributed by atoms with Crippen molar-refractivity contribution in [3.63, 3.8) is 0 Å². The molecule has 2 aromatic carbocycles. The molecule has 0 saturated heterocycles. The van der Waals surface area contributed by atoms with Crippen LogP contribution in [-0.4, -0.2) is 30.1 Å². The van der Waals surface area contributed by atoms with E-state index in [9.17, 15) is 9.59 Å². The Balaban J connectivity index is 1.87. The number of hydrogen-bond donors (Lipinski definition) is 1. The maximum atomic E-state index is 13.4. The third-order valence-electron chi connectivity index (χ3n) is 5.09. The van der Waals surface area contributed by atoms with E-state index in [1.165, 1.54) is 0 Å². The van der Waals surface area contributed by atoms with Gasteiger partial charge in [-0.05, 0) is 19.1 Å². The van der Waals surface area contributed by atoms with Crippen molar-refractivity contribution in [3.8, 4) is 33.9 Å². The number of rotatable bonds is 3. The van der Waals surface area contributed by atoms with Crippen LogP contribution in [0.4, 0.5) is 5.82 Å². The van der Waals surface area contributed by atoms with Crippen molar-refractivity contribution in [1.82, 2.24) is 4.98 Å². The molecule has 0 spiro atoms. The van der Waals surface area contributed by atoms with Gasteiger partial charge in [0.2, 0.25) is 6.79 Å². The zero-order chi connectivity index (χ0) is 21.0. The van der Waals surface area contributed by atoms with E-state index >= 15 is 0 Å². The summed E-state index contributed by atoms with van der Waals surface area (Å²) in [7, 11) is 0. The standard InChI is InChI=1S/C22H15BrN2O5/c1-2-28-22(27)18-16(12-7-14-15(8-13(12)23)30-9-29-14)17-19(25-21(18)24)10-5-3-4-6-11(10)20(17)26/h3-8H,2,9H2,1H3,(H2,24,25). The fourth-order valence-electron chi connectivity index (χ4n) is 3.83. The Morgan fingerprint density at radius 2 is 1.83 bits per heavy atom. The molecule has 2 N–H and O–H groups in total. The lowest BCUT2D eigenvalue weighted by atomic mass is 9.92. The van der Waals surface area contributed by atoms with Crippen LogP contribution >= 0.6 is 15.9 Å². The van der Waals surface area contributed by atoms with E-state index in [0.717, 1.165) is 0 Å². The minimum Gasteiger partial charge on any atom is -0.462 e. The van der Waals surface area contributed by atoms with Crippen LogP contribution in [0.25, 0.3) is 22.4 Å². The van der Waals surface area contributed by atoms with Crippen LogP contribution in [0.1, 0.15) is 33.2 Å². The first kappa shape index (κ1) is 18.6. The van der Waals surface area contributed by atoms with Crippen molar-refractivity contribution in [2.24, 2.45) is 0 Å². The third-order valence-corrected chi connectivity index (χ3v) is 5.75. The highest BCUT2D eigenvalue weighted by molar-refractivity contribution is 9.10. The molecule has 0 fully saturated rings. The number of aromatic nitrogens is 1. The minimum atomic E-state index is -0.645. The van der Waals surface area contributed by atoms with Gasteiger partial charge >= 0.3 is 5.97 Å². The molecule has 0 radical (unpaired) electrons. The van der Waals surface area contributed by atoms with Crippen molar-refractivity contribution in [2.45, 2.75) is 6.92 Å². The van der Waals surface area contributed by atoms with Crippen molar-refractivity contribution >= 4 is 33.5 Å². The average molecular weight is 467 g/mol. The van der Waals surface area contributed by atoms with E-state index in [-0.39, 0.29) is 30.6 Å². The second-order valence-electron chi connectivity index (χ2n) is 6.75. The number of pyridine rings is 1. The summed E-state index contributed by atoms with van der Waals surface area (Å²) in [5, 5.41) is 0. The smallest absolute Gasteiger partial charge is 0.342 e. The summed E-state index contributed by atoms with van der Waals surface area (Å²) in [6.45, 7) is 1.95. The van der Waals surface area contributed by atoms with Gasteiger partial charge in [-0.15, -0.1) is 0 Å². The van der Waals surface area contributed by atoms with Gasteiger partial charge in [-0.25, -0.2) is 9.78 Å². The zero-order valence-corrected chi connectivity index (χ0v) is 17.4. The number of nitrogens with two attached hydrogens (primary N) is 1. The lowest BCUT2D eigenvalue weighted by Crippen LogP contribution is -2.14. The molecule has 150 valence electrons. The number of nitrogens with zero attached hydrogens (tertiary/aromatic N) is 1. The predicted octanol–water partition coefficient (Wildman–Crippen LogP) is 4.21. The molecule has 2 aliphatic rings. The Morgan fingerprint density at radius 1 is 1.13 bits per heavy atom. The van der Waals surface area contributed by atoms with Crippen LogP contribution in [0, 0.1) is 0 Å². The van der Waals surface area contributed by atoms with E-state index < -0.39 is 5.97 Å². The molecule has 0 unspecified atom stereocenters. The first-order chi connectivity index (χ1) is 14.5. The van der Waals surface area contributed by atoms with Crippen LogP contribution in [0.3, 0.4) is 0 Å². The van der Waals surface area contributed by atoms with Crippen molar-refractivity contribution in [1.29, 1.82) is 0 Å². The van der Waals surface area contributed by atoms with Gasteiger partial charge in [0.05, 0.1) is 17.9 Å². The van der Waals surface area contributed by atoms with E-state index in [1.807, 2.05) is 12.1 Å². The first-order valence-corrected chi connectivity index (χ1v) is 10.0. The fraction of sp³-hybridized carbons (Fsp3) is 0.136. The van der Waals surface area contributed by atoms with E-state index in [0.29, 0.717) is 49.5 Å². The lowest BCUT2D eigenvalue weighted by molar-refractivity contribution is 0.0528. The summed E-state index contributed by atoms with van der Waals surface area (Å²) >= 11 is 3.54. The van der Waals surface area contributed by atoms with Gasteiger partial charge in [0.25, 0.3) is 0 Å². The number of carbonyl (C=O) groups excluding carboxylic acids is 2. The van der Waals surface area contributed by atoms with Gasteiger partial charge in [0, 0.05) is 26.7 Å². The monoisotopic (exact) mass is 466 g/mol. The van der Waals surface area contributed by atoms with Crippen molar-refractivity contribution in [2.75, 3.05) is 19.1 Å². The number of benzene rings is 2. The van der Waals surface area contributed by atoms with Crippen LogP contribution in [0.15, 0.2) is 40.9 Å². The summed E-state index contributed by atoms with van der Waals surface area (Å²) < 4.78 is 16.8. The zero-order valence-electron chi connectivity index (χ0n) is 15.8. The van der Waals surface area contributed by atoms with E-state index in [1.54, 1.807) is 31.2 Å². The van der Waals surface area contributed by atoms with Gasteiger partial charge in [-0.1, -0.05) is 40.2 Å². The summed E-state index contributed by atoms with van der Waals surface area (Å²) in [6, 6.07) is 10.6. The summed E-state index contributed by atoms with van der Waals surface area (Å²) in [5.74, 6) is 0.204. The second kappa shape index (κ2) is 6.84. The molecule has 0 amide bonds. The number of fused-ring (bicyclic) bond motifs is 4. The lowest BCUT2D eigenvalue weighted by Gasteiger charge is -2.17. The van der Waals surface area contributed by atoms with Gasteiger partial charge in [-0.2, -0.15) is 0 Å². The Hall–Kier alpha value is -3.39. The highest BCUT2D eigenvalue weighted by Crippen LogP contribution is 2.48. The van der Waals surface area contributed by atoms with Crippen LogP contribution in [-0.2, 0) is 4.74 Å². The third kappa shape index (κ3) is 2.60. The topological polar surface area (TPSA) is 101 Å². The number of hydrogen-bond acceptors (Lipinski definition) is 7. The van der Waals surface area contributed by atoms with Crippen LogP contribution < -0.4 is 15.2 Å². The van der Waals surface area contributed by atoms with Gasteiger partial charge < -0.3 is 19.9 Å². The molecule has 0 saturated carbocycles. The van der Waals surface area contributed by atoms with Crippen molar-refractivity contribution < 1.29 is 23.8 Å². The van der Waals surface area contributed by atoms with Gasteiger partial charge in [0.1, 0.15) is 11.4 Å². The molecule has 5 rings (SSSR count). The molecule has 7 nitrogen and oxygen atoms in total. The van der Waals surface area contributed by atoms with E-state index in [2.05, 4.69) is 20.9 Å². The molecule has 8 heteroatoms. The molecular formula is C22H15BrN2O5. The Bertz CT molecular complexity index is 1250. The highest BCUT2D eigenvalue weighted by Gasteiger charge is 2.36. The van der Waals surface area contributed by atoms with Crippen LogP contribution in [0.5, 0.6) is 11.5 Å². The number of ether oxygens (including phenoxy) is 3. The second-order valence-corrected chi connectivity index (χ2v) is 7.61. The summed E-state index contributed by atoms with van der Waals surface area (Å²) in [4.78, 5) is 30.6. The highest BCUT2D eigenvalue weighted by atomic mass is 79.9. The summed E-state index contributed by atoms with van der Waals surface area (Å²) in [6.07, 6.45) is 0. The number of halogens is 1. The van der Waals surface area contributed by atoms with Gasteiger partial charge in [-0.3, -0.25) is 4.79 Å². The number of nitrogen functional groups attached to an aromatic ring is 1. The molecule has 0 bridgehead atoms. The molecule has 1 aliphatic heterocycles. The Labute approximate surface area is 179 Å². The Morgan fingerprint density at radius 3 is 2.57 bits per heavy atom. The largest absolute Gasteiger partial charge is 0.462 e. The maximum absolute atomic E-state index is 13.4. The van der Waals surface area contributed by atoms with Gasteiger partial charge in [0.15, 0.2) is 17.3 Å². The Kier molecular flexibility index (Phi) is 4.25. The molecule has 30 heavy (non-hydrogen) atoms. The van der Waals surface area contributed by atoms with Crippen LogP contribution in [0.2, 0.25) is 0 Å². The average Bonchev–Trinajstić information content (AvgIpc) is 3.29.